The third-order valence-corrected chi connectivity index (χ3v) is 4.86. The van der Waals surface area contributed by atoms with Gasteiger partial charge in [0, 0.05) is 31.6 Å². The number of carbonyl (C=O) groups excluding carboxylic acids is 1. The van der Waals surface area contributed by atoms with E-state index >= 15 is 0 Å². The number of rotatable bonds is 7. The van der Waals surface area contributed by atoms with Gasteiger partial charge in [0.25, 0.3) is 5.91 Å². The summed E-state index contributed by atoms with van der Waals surface area (Å²) in [7, 11) is 1.61. The third kappa shape index (κ3) is 4.23. The molecule has 1 atom stereocenters. The summed E-state index contributed by atoms with van der Waals surface area (Å²) in [6, 6.07) is 7.49. The van der Waals surface area contributed by atoms with Gasteiger partial charge in [-0.15, -0.1) is 0 Å². The number of methoxy groups -OCH3 is 1. The lowest BCUT2D eigenvalue weighted by Gasteiger charge is -2.22. The van der Waals surface area contributed by atoms with Crippen molar-refractivity contribution in [2.75, 3.05) is 33.5 Å². The van der Waals surface area contributed by atoms with Crippen molar-refractivity contribution in [3.63, 3.8) is 0 Å². The summed E-state index contributed by atoms with van der Waals surface area (Å²) in [5.41, 5.74) is 2.39. The van der Waals surface area contributed by atoms with Crippen LogP contribution in [0.25, 0.3) is 0 Å². The second kappa shape index (κ2) is 8.82. The molecule has 0 spiro atoms. The van der Waals surface area contributed by atoms with Crippen molar-refractivity contribution in [3.8, 4) is 5.75 Å². The molecule has 2 heterocycles. The minimum Gasteiger partial charge on any atom is -0.497 e. The van der Waals surface area contributed by atoms with Gasteiger partial charge in [0.05, 0.1) is 31.2 Å². The summed E-state index contributed by atoms with van der Waals surface area (Å²) in [6.45, 7) is 1.70. The molecule has 3 rings (SSSR count). The highest BCUT2D eigenvalue weighted by molar-refractivity contribution is 5.95. The normalized spacial score (nSPS) is 16.2. The molecule has 0 bridgehead atoms. The molecular weight excluding hydrogens is 334 g/mol. The van der Waals surface area contributed by atoms with Crippen LogP contribution in [-0.4, -0.2) is 54.7 Å². The van der Waals surface area contributed by atoms with Gasteiger partial charge in [-0.2, -0.15) is 5.10 Å². The maximum absolute atomic E-state index is 12.6. The number of aromatic amines is 1. The van der Waals surface area contributed by atoms with Gasteiger partial charge < -0.3 is 19.9 Å². The first-order valence-corrected chi connectivity index (χ1v) is 8.87. The van der Waals surface area contributed by atoms with E-state index in [9.17, 15) is 9.90 Å². The fourth-order valence-corrected chi connectivity index (χ4v) is 3.25. The lowest BCUT2D eigenvalue weighted by atomic mass is 9.93. The zero-order valence-electron chi connectivity index (χ0n) is 14.9. The summed E-state index contributed by atoms with van der Waals surface area (Å²) >= 11 is 0. The second-order valence-corrected chi connectivity index (χ2v) is 6.45. The zero-order chi connectivity index (χ0) is 18.4. The fourth-order valence-electron chi connectivity index (χ4n) is 3.25. The van der Waals surface area contributed by atoms with Crippen molar-refractivity contribution in [1.29, 1.82) is 0 Å². The van der Waals surface area contributed by atoms with E-state index < -0.39 is 0 Å². The standard InChI is InChI=1S/C19H25N3O4/c1-25-16-4-2-13(3-5-16)15(12-23)10-20-19(24)17-11-21-22-18(17)14-6-8-26-9-7-14/h2-5,11,14-15,23H,6-10,12H2,1H3,(H,20,24)(H,21,22). The average Bonchev–Trinajstić information content (AvgIpc) is 3.19. The molecule has 1 unspecified atom stereocenters. The largest absolute Gasteiger partial charge is 0.497 e. The summed E-state index contributed by atoms with van der Waals surface area (Å²) in [5, 5.41) is 19.6. The molecule has 1 saturated heterocycles. The number of hydrogen-bond donors (Lipinski definition) is 3. The lowest BCUT2D eigenvalue weighted by Crippen LogP contribution is -2.30. The van der Waals surface area contributed by atoms with Crippen LogP contribution in [0.1, 0.15) is 46.3 Å². The molecule has 0 saturated carbocycles. The highest BCUT2D eigenvalue weighted by Crippen LogP contribution is 2.27. The predicted molar refractivity (Wildman–Crippen MR) is 96.5 cm³/mol. The minimum atomic E-state index is -0.178. The molecule has 1 aliphatic rings. The molecule has 1 aromatic heterocycles. The molecule has 3 N–H and O–H groups in total. The van der Waals surface area contributed by atoms with Gasteiger partial charge in [-0.05, 0) is 30.5 Å². The Bertz CT molecular complexity index is 708. The Morgan fingerprint density at radius 2 is 2.12 bits per heavy atom. The maximum atomic E-state index is 12.6. The van der Waals surface area contributed by atoms with E-state index in [2.05, 4.69) is 15.5 Å². The molecule has 7 heteroatoms. The first-order chi connectivity index (χ1) is 12.7. The Balaban J connectivity index is 1.63. The van der Waals surface area contributed by atoms with Crippen LogP contribution in [-0.2, 0) is 4.74 Å². The molecule has 1 amide bonds. The van der Waals surface area contributed by atoms with E-state index in [1.807, 2.05) is 24.3 Å². The summed E-state index contributed by atoms with van der Waals surface area (Å²) in [6.07, 6.45) is 3.34. The molecule has 26 heavy (non-hydrogen) atoms. The number of nitrogens with one attached hydrogen (secondary N) is 2. The maximum Gasteiger partial charge on any atom is 0.254 e. The smallest absolute Gasteiger partial charge is 0.254 e. The fraction of sp³-hybridized carbons (Fsp3) is 0.474. The number of hydrogen-bond acceptors (Lipinski definition) is 5. The Kier molecular flexibility index (Phi) is 6.25. The highest BCUT2D eigenvalue weighted by Gasteiger charge is 2.24. The van der Waals surface area contributed by atoms with E-state index in [1.54, 1.807) is 13.3 Å². The van der Waals surface area contributed by atoms with Crippen LogP contribution in [0.15, 0.2) is 30.5 Å². The zero-order valence-corrected chi connectivity index (χ0v) is 14.9. The highest BCUT2D eigenvalue weighted by atomic mass is 16.5. The van der Waals surface area contributed by atoms with Gasteiger partial charge >= 0.3 is 0 Å². The lowest BCUT2D eigenvalue weighted by molar-refractivity contribution is 0.0833. The van der Waals surface area contributed by atoms with Crippen LogP contribution in [0, 0.1) is 0 Å². The first-order valence-electron chi connectivity index (χ1n) is 8.87. The summed E-state index contributed by atoms with van der Waals surface area (Å²) < 4.78 is 10.5. The number of carbonyl (C=O) groups is 1. The quantitative estimate of drug-likeness (QED) is 0.701. The van der Waals surface area contributed by atoms with Gasteiger partial charge in [-0.1, -0.05) is 12.1 Å². The van der Waals surface area contributed by atoms with Crippen molar-refractivity contribution in [2.24, 2.45) is 0 Å². The van der Waals surface area contributed by atoms with Gasteiger partial charge in [-0.3, -0.25) is 9.89 Å². The molecule has 1 aliphatic heterocycles. The Morgan fingerprint density at radius 3 is 2.77 bits per heavy atom. The van der Waals surface area contributed by atoms with Crippen LogP contribution in [0.2, 0.25) is 0 Å². The Hall–Kier alpha value is -2.38. The molecule has 0 aliphatic carbocycles. The molecule has 1 aromatic carbocycles. The molecule has 0 radical (unpaired) electrons. The van der Waals surface area contributed by atoms with Crippen LogP contribution in [0.5, 0.6) is 5.75 Å². The Morgan fingerprint density at radius 1 is 1.38 bits per heavy atom. The van der Waals surface area contributed by atoms with Crippen molar-refractivity contribution in [3.05, 3.63) is 47.3 Å². The van der Waals surface area contributed by atoms with Crippen molar-refractivity contribution < 1.29 is 19.4 Å². The van der Waals surface area contributed by atoms with Gasteiger partial charge in [0.2, 0.25) is 0 Å². The van der Waals surface area contributed by atoms with Crippen LogP contribution in [0.4, 0.5) is 0 Å². The number of aromatic nitrogens is 2. The van der Waals surface area contributed by atoms with Crippen molar-refractivity contribution >= 4 is 5.91 Å². The van der Waals surface area contributed by atoms with Gasteiger partial charge in [0.1, 0.15) is 5.75 Å². The van der Waals surface area contributed by atoms with Crippen molar-refractivity contribution in [2.45, 2.75) is 24.7 Å². The third-order valence-electron chi connectivity index (χ3n) is 4.86. The van der Waals surface area contributed by atoms with Crippen LogP contribution >= 0.6 is 0 Å². The summed E-state index contributed by atoms with van der Waals surface area (Å²) in [5.74, 6) is 0.673. The van der Waals surface area contributed by atoms with E-state index in [-0.39, 0.29) is 24.3 Å². The number of benzene rings is 1. The van der Waals surface area contributed by atoms with Crippen LogP contribution < -0.4 is 10.1 Å². The number of nitrogens with zero attached hydrogens (tertiary/aromatic N) is 1. The van der Waals surface area contributed by atoms with Crippen molar-refractivity contribution in [1.82, 2.24) is 15.5 Å². The molecule has 1 fully saturated rings. The van der Waals surface area contributed by atoms with E-state index in [0.717, 1.165) is 29.8 Å². The SMILES string of the molecule is COc1ccc(C(CO)CNC(=O)c2cn[nH]c2C2CCOCC2)cc1. The first kappa shape index (κ1) is 18.4. The van der Waals surface area contributed by atoms with E-state index in [1.165, 1.54) is 0 Å². The minimum absolute atomic E-state index is 0.0508. The number of aliphatic hydroxyl groups excluding tert-OH is 1. The van der Waals surface area contributed by atoms with E-state index in [4.69, 9.17) is 9.47 Å². The molecule has 140 valence electrons. The topological polar surface area (TPSA) is 96.5 Å². The number of ether oxygens (including phenoxy) is 2. The van der Waals surface area contributed by atoms with Crippen LogP contribution in [0.3, 0.4) is 0 Å². The number of H-pyrrole nitrogens is 1. The van der Waals surface area contributed by atoms with E-state index in [0.29, 0.717) is 25.3 Å². The Labute approximate surface area is 152 Å². The molecule has 7 nitrogen and oxygen atoms in total. The average molecular weight is 359 g/mol. The van der Waals surface area contributed by atoms with Gasteiger partial charge in [-0.25, -0.2) is 0 Å². The number of aliphatic hydroxyl groups is 1. The van der Waals surface area contributed by atoms with Gasteiger partial charge in [0.15, 0.2) is 0 Å². The number of amides is 1. The molecule has 2 aromatic rings. The monoisotopic (exact) mass is 359 g/mol. The second-order valence-electron chi connectivity index (χ2n) is 6.45. The predicted octanol–water partition coefficient (Wildman–Crippen LogP) is 1.82. The molecular formula is C19H25N3O4. The summed E-state index contributed by atoms with van der Waals surface area (Å²) in [4.78, 5) is 12.6.